The number of carbonyl (C=O) groups is 1. The average Bonchev–Trinajstić information content (AvgIpc) is 3.04. The summed E-state index contributed by atoms with van der Waals surface area (Å²) in [5, 5.41) is 3.25. The number of piperidine rings is 2. The Morgan fingerprint density at radius 3 is 2.31 bits per heavy atom. The Morgan fingerprint density at radius 1 is 1.12 bits per heavy atom. The highest BCUT2D eigenvalue weighted by Crippen LogP contribution is 2.23. The van der Waals surface area contributed by atoms with E-state index in [1.54, 1.807) is 22.1 Å². The van der Waals surface area contributed by atoms with E-state index in [-0.39, 0.29) is 23.2 Å². The van der Waals surface area contributed by atoms with Crippen LogP contribution in [0.3, 0.4) is 0 Å². The summed E-state index contributed by atoms with van der Waals surface area (Å²) in [4.78, 5) is 14.9. The monoisotopic (exact) mass is 404 g/mol. The highest BCUT2D eigenvalue weighted by Gasteiger charge is 2.30. The van der Waals surface area contributed by atoms with Gasteiger partial charge in [0.1, 0.15) is 10.6 Å². The molecule has 26 heavy (non-hydrogen) atoms. The molecule has 2 fully saturated rings. The van der Waals surface area contributed by atoms with E-state index < -0.39 is 10.0 Å². The highest BCUT2D eigenvalue weighted by molar-refractivity contribution is 7.89. The van der Waals surface area contributed by atoms with Gasteiger partial charge in [0.05, 0.1) is 0 Å². The zero-order chi connectivity index (χ0) is 18.0. The molecule has 3 rings (SSSR count). The van der Waals surface area contributed by atoms with Crippen LogP contribution in [0.25, 0.3) is 0 Å². The van der Waals surface area contributed by atoms with Crippen LogP contribution in [0, 0.1) is 0 Å². The second-order valence-electron chi connectivity index (χ2n) is 6.99. The van der Waals surface area contributed by atoms with Crippen LogP contribution in [0.4, 0.5) is 0 Å². The molecule has 1 aromatic rings. The zero-order valence-electron chi connectivity index (χ0n) is 15.5. The molecule has 0 spiro atoms. The van der Waals surface area contributed by atoms with Crippen molar-refractivity contribution in [2.45, 2.75) is 43.0 Å². The Balaban J connectivity index is 0.00000243. The molecule has 0 bridgehead atoms. The van der Waals surface area contributed by atoms with Crippen molar-refractivity contribution in [3.05, 3.63) is 18.0 Å². The van der Waals surface area contributed by atoms with Gasteiger partial charge in [-0.15, -0.1) is 12.4 Å². The van der Waals surface area contributed by atoms with Crippen LogP contribution in [-0.4, -0.2) is 67.4 Å². The van der Waals surface area contributed by atoms with Crippen LogP contribution in [0.1, 0.15) is 42.6 Å². The molecule has 0 saturated carbocycles. The number of sulfonamides is 1. The minimum atomic E-state index is -3.51. The number of nitrogens with zero attached hydrogens (tertiary/aromatic N) is 3. The Morgan fingerprint density at radius 2 is 1.73 bits per heavy atom. The second-order valence-corrected chi connectivity index (χ2v) is 8.93. The SMILES string of the molecule is CNC1CCN(C(=O)c2cc(S(=O)(=O)N3CCCCC3)cn2C)CC1.Cl. The predicted octanol–water partition coefficient (Wildman–Crippen LogP) is 1.45. The summed E-state index contributed by atoms with van der Waals surface area (Å²) in [7, 11) is 0.172. The van der Waals surface area contributed by atoms with Gasteiger partial charge in [-0.2, -0.15) is 4.31 Å². The minimum absolute atomic E-state index is 0. The molecule has 9 heteroatoms. The first-order chi connectivity index (χ1) is 11.9. The highest BCUT2D eigenvalue weighted by atomic mass is 35.5. The molecule has 0 radical (unpaired) electrons. The van der Waals surface area contributed by atoms with E-state index in [1.807, 2.05) is 11.9 Å². The van der Waals surface area contributed by atoms with Gasteiger partial charge in [-0.3, -0.25) is 4.79 Å². The topological polar surface area (TPSA) is 74.7 Å². The second kappa shape index (κ2) is 8.73. The maximum Gasteiger partial charge on any atom is 0.270 e. The number of carbonyl (C=O) groups excluding carboxylic acids is 1. The molecule has 0 aliphatic carbocycles. The molecule has 148 valence electrons. The fraction of sp³-hybridized carbons (Fsp3) is 0.706. The minimum Gasteiger partial charge on any atom is -0.345 e. The fourth-order valence-corrected chi connectivity index (χ4v) is 5.26. The molecule has 0 atom stereocenters. The summed E-state index contributed by atoms with van der Waals surface area (Å²) >= 11 is 0. The van der Waals surface area contributed by atoms with E-state index in [1.165, 1.54) is 6.07 Å². The van der Waals surface area contributed by atoms with E-state index in [0.29, 0.717) is 37.9 Å². The van der Waals surface area contributed by atoms with Crippen LogP contribution in [0.15, 0.2) is 17.2 Å². The lowest BCUT2D eigenvalue weighted by Crippen LogP contribution is -2.44. The van der Waals surface area contributed by atoms with Crippen molar-refractivity contribution < 1.29 is 13.2 Å². The number of hydrogen-bond donors (Lipinski definition) is 1. The number of nitrogens with one attached hydrogen (secondary N) is 1. The maximum absolute atomic E-state index is 12.8. The van der Waals surface area contributed by atoms with Gasteiger partial charge >= 0.3 is 0 Å². The summed E-state index contributed by atoms with van der Waals surface area (Å²) in [5.41, 5.74) is 0.443. The van der Waals surface area contributed by atoms with Crippen molar-refractivity contribution in [3.63, 3.8) is 0 Å². The molecule has 7 nitrogen and oxygen atoms in total. The van der Waals surface area contributed by atoms with Crippen LogP contribution in [0.5, 0.6) is 0 Å². The Hall–Kier alpha value is -1.09. The van der Waals surface area contributed by atoms with Crippen LogP contribution < -0.4 is 5.32 Å². The van der Waals surface area contributed by atoms with Gasteiger partial charge in [-0.25, -0.2) is 8.42 Å². The van der Waals surface area contributed by atoms with E-state index in [0.717, 1.165) is 32.1 Å². The molecule has 2 saturated heterocycles. The van der Waals surface area contributed by atoms with E-state index >= 15 is 0 Å². The fourth-order valence-electron chi connectivity index (χ4n) is 3.68. The van der Waals surface area contributed by atoms with E-state index in [2.05, 4.69) is 5.32 Å². The average molecular weight is 405 g/mol. The van der Waals surface area contributed by atoms with Gasteiger partial charge in [-0.1, -0.05) is 6.42 Å². The molecular formula is C17H29ClN4O3S. The number of rotatable bonds is 4. The quantitative estimate of drug-likeness (QED) is 0.824. The lowest BCUT2D eigenvalue weighted by atomic mass is 10.1. The van der Waals surface area contributed by atoms with Crippen molar-refractivity contribution in [2.24, 2.45) is 7.05 Å². The van der Waals surface area contributed by atoms with Crippen molar-refractivity contribution >= 4 is 28.3 Å². The number of likely N-dealkylation sites (tertiary alicyclic amines) is 1. The van der Waals surface area contributed by atoms with Crippen molar-refractivity contribution in [3.8, 4) is 0 Å². The molecule has 0 unspecified atom stereocenters. The number of amides is 1. The molecule has 1 amide bonds. The van der Waals surface area contributed by atoms with Crippen LogP contribution in [-0.2, 0) is 17.1 Å². The van der Waals surface area contributed by atoms with Crippen LogP contribution in [0.2, 0.25) is 0 Å². The van der Waals surface area contributed by atoms with Gasteiger partial charge in [0.2, 0.25) is 10.0 Å². The van der Waals surface area contributed by atoms with E-state index in [4.69, 9.17) is 0 Å². The van der Waals surface area contributed by atoms with Gasteiger partial charge < -0.3 is 14.8 Å². The molecular weight excluding hydrogens is 376 g/mol. The van der Waals surface area contributed by atoms with Crippen molar-refractivity contribution in [2.75, 3.05) is 33.2 Å². The van der Waals surface area contributed by atoms with Gasteiger partial charge in [0.25, 0.3) is 5.91 Å². The van der Waals surface area contributed by atoms with Gasteiger partial charge in [0.15, 0.2) is 0 Å². The summed E-state index contributed by atoms with van der Waals surface area (Å²) in [6.45, 7) is 2.53. The Labute approximate surface area is 162 Å². The van der Waals surface area contributed by atoms with Crippen molar-refractivity contribution in [1.82, 2.24) is 19.1 Å². The number of halogens is 1. The molecule has 0 aromatic carbocycles. The number of aromatic nitrogens is 1. The number of aryl methyl sites for hydroxylation is 1. The first-order valence-electron chi connectivity index (χ1n) is 9.06. The molecule has 1 aromatic heterocycles. The first kappa shape index (κ1) is 21.2. The third-order valence-corrected chi connectivity index (χ3v) is 7.21. The van der Waals surface area contributed by atoms with Crippen molar-refractivity contribution in [1.29, 1.82) is 0 Å². The smallest absolute Gasteiger partial charge is 0.270 e. The lowest BCUT2D eigenvalue weighted by molar-refractivity contribution is 0.0697. The lowest BCUT2D eigenvalue weighted by Gasteiger charge is -2.31. The number of hydrogen-bond acceptors (Lipinski definition) is 4. The predicted molar refractivity (Wildman–Crippen MR) is 103 cm³/mol. The third-order valence-electron chi connectivity index (χ3n) is 5.34. The maximum atomic E-state index is 12.8. The first-order valence-corrected chi connectivity index (χ1v) is 10.5. The van der Waals surface area contributed by atoms with E-state index in [9.17, 15) is 13.2 Å². The zero-order valence-corrected chi connectivity index (χ0v) is 17.1. The Bertz CT molecular complexity index is 720. The summed E-state index contributed by atoms with van der Waals surface area (Å²) in [5.74, 6) is -0.0860. The van der Waals surface area contributed by atoms with Crippen LogP contribution >= 0.6 is 12.4 Å². The van der Waals surface area contributed by atoms with Gasteiger partial charge in [0, 0.05) is 45.5 Å². The molecule has 2 aliphatic heterocycles. The van der Waals surface area contributed by atoms with Gasteiger partial charge in [-0.05, 0) is 38.8 Å². The normalized spacial score (nSPS) is 20.0. The summed E-state index contributed by atoms with van der Waals surface area (Å²) in [6, 6.07) is 1.99. The Kier molecular flexibility index (Phi) is 7.12. The molecule has 3 heterocycles. The summed E-state index contributed by atoms with van der Waals surface area (Å²) < 4.78 is 28.8. The standard InChI is InChI=1S/C17H28N4O3S.ClH/c1-18-14-6-10-20(11-7-14)17(22)16-12-15(13-19(16)2)25(23,24)21-8-4-3-5-9-21;/h12-14,18H,3-11H2,1-2H3;1H. The largest absolute Gasteiger partial charge is 0.345 e. The molecule has 1 N–H and O–H groups in total. The summed E-state index contributed by atoms with van der Waals surface area (Å²) in [6.07, 6.45) is 6.29. The molecule has 2 aliphatic rings. The third kappa shape index (κ3) is 4.24.